The van der Waals surface area contributed by atoms with Gasteiger partial charge in [-0.15, -0.1) is 0 Å². The van der Waals surface area contributed by atoms with E-state index in [-0.39, 0.29) is 6.79 Å². The maximum Gasteiger partial charge on any atom is 0.231 e. The molecule has 0 fully saturated rings. The van der Waals surface area contributed by atoms with E-state index in [4.69, 9.17) is 32.7 Å². The Kier molecular flexibility index (Phi) is 4.19. The van der Waals surface area contributed by atoms with Crippen LogP contribution in [0.5, 0.6) is 11.5 Å². The quantitative estimate of drug-likeness (QED) is 0.715. The largest absolute Gasteiger partial charge is 0.454 e. The van der Waals surface area contributed by atoms with E-state index in [0.717, 1.165) is 34.3 Å². The molecular formula is C18H15Cl2N3O2. The zero-order valence-electron chi connectivity index (χ0n) is 13.4. The third kappa shape index (κ3) is 3.13. The fourth-order valence-corrected chi connectivity index (χ4v) is 3.05. The Hall–Kier alpha value is -2.37. The molecule has 2 aromatic carbocycles. The van der Waals surface area contributed by atoms with Crippen LogP contribution in [0.3, 0.4) is 0 Å². The molecule has 0 amide bonds. The van der Waals surface area contributed by atoms with Crippen molar-refractivity contribution in [2.24, 2.45) is 7.05 Å². The number of fused-ring (bicyclic) bond motifs is 1. The van der Waals surface area contributed by atoms with Crippen LogP contribution in [0.15, 0.2) is 42.6 Å². The minimum atomic E-state index is 0.265. The third-order valence-electron chi connectivity index (χ3n) is 4.09. The van der Waals surface area contributed by atoms with Gasteiger partial charge in [0, 0.05) is 19.2 Å². The van der Waals surface area contributed by atoms with Gasteiger partial charge < -0.3 is 19.4 Å². The van der Waals surface area contributed by atoms with Gasteiger partial charge in [-0.1, -0.05) is 29.3 Å². The molecule has 0 atom stereocenters. The first-order chi connectivity index (χ1) is 12.1. The molecule has 5 nitrogen and oxygen atoms in total. The van der Waals surface area contributed by atoms with Crippen LogP contribution in [0.1, 0.15) is 5.56 Å². The number of benzene rings is 2. The number of halogens is 2. The smallest absolute Gasteiger partial charge is 0.231 e. The molecule has 0 aliphatic carbocycles. The molecule has 1 aromatic heterocycles. The van der Waals surface area contributed by atoms with Crippen molar-refractivity contribution < 1.29 is 9.47 Å². The van der Waals surface area contributed by atoms with Crippen LogP contribution in [0.25, 0.3) is 11.3 Å². The van der Waals surface area contributed by atoms with Crippen molar-refractivity contribution in [3.8, 4) is 22.8 Å². The second-order valence-electron chi connectivity index (χ2n) is 5.70. The maximum atomic E-state index is 6.05. The van der Waals surface area contributed by atoms with E-state index in [1.54, 1.807) is 6.07 Å². The average molecular weight is 376 g/mol. The van der Waals surface area contributed by atoms with Crippen LogP contribution >= 0.6 is 23.2 Å². The van der Waals surface area contributed by atoms with Crippen LogP contribution in [-0.4, -0.2) is 16.3 Å². The van der Waals surface area contributed by atoms with Crippen molar-refractivity contribution >= 4 is 29.2 Å². The van der Waals surface area contributed by atoms with Gasteiger partial charge in [0.2, 0.25) is 12.7 Å². The molecule has 128 valence electrons. The summed E-state index contributed by atoms with van der Waals surface area (Å²) in [7, 11) is 1.96. The molecule has 0 spiro atoms. The molecule has 25 heavy (non-hydrogen) atoms. The first-order valence-electron chi connectivity index (χ1n) is 7.71. The Morgan fingerprint density at radius 2 is 1.92 bits per heavy atom. The lowest BCUT2D eigenvalue weighted by Crippen LogP contribution is -2.05. The van der Waals surface area contributed by atoms with Crippen molar-refractivity contribution in [1.29, 1.82) is 0 Å². The van der Waals surface area contributed by atoms with E-state index in [2.05, 4.69) is 10.3 Å². The summed E-state index contributed by atoms with van der Waals surface area (Å²) >= 11 is 12.0. The van der Waals surface area contributed by atoms with Gasteiger partial charge in [0.05, 0.1) is 21.9 Å². The Balaban J connectivity index is 1.53. The number of rotatable bonds is 4. The van der Waals surface area contributed by atoms with Crippen molar-refractivity contribution in [1.82, 2.24) is 9.55 Å². The molecule has 2 heterocycles. The Labute approximate surface area is 155 Å². The number of hydrogen-bond acceptors (Lipinski definition) is 4. The maximum absolute atomic E-state index is 6.05. The fraction of sp³-hybridized carbons (Fsp3) is 0.167. The van der Waals surface area contributed by atoms with Crippen LogP contribution in [0.4, 0.5) is 5.95 Å². The van der Waals surface area contributed by atoms with Crippen LogP contribution < -0.4 is 14.8 Å². The van der Waals surface area contributed by atoms with Gasteiger partial charge in [-0.25, -0.2) is 4.98 Å². The first-order valence-corrected chi connectivity index (χ1v) is 8.47. The van der Waals surface area contributed by atoms with Gasteiger partial charge in [0.1, 0.15) is 0 Å². The monoisotopic (exact) mass is 375 g/mol. The van der Waals surface area contributed by atoms with E-state index < -0.39 is 0 Å². The van der Waals surface area contributed by atoms with Crippen molar-refractivity contribution in [3.05, 3.63) is 58.2 Å². The Morgan fingerprint density at radius 3 is 2.76 bits per heavy atom. The van der Waals surface area contributed by atoms with E-state index in [0.29, 0.717) is 16.6 Å². The van der Waals surface area contributed by atoms with Gasteiger partial charge in [-0.2, -0.15) is 0 Å². The van der Waals surface area contributed by atoms with Gasteiger partial charge in [-0.3, -0.25) is 0 Å². The zero-order valence-corrected chi connectivity index (χ0v) is 14.9. The Morgan fingerprint density at radius 1 is 1.08 bits per heavy atom. The molecule has 3 aromatic rings. The normalized spacial score (nSPS) is 12.4. The second-order valence-corrected chi connectivity index (χ2v) is 6.51. The number of aromatic nitrogens is 2. The summed E-state index contributed by atoms with van der Waals surface area (Å²) in [6.07, 6.45) is 1.83. The molecule has 1 aliphatic rings. The molecule has 0 radical (unpaired) electrons. The highest BCUT2D eigenvalue weighted by Crippen LogP contribution is 2.36. The van der Waals surface area contributed by atoms with E-state index >= 15 is 0 Å². The van der Waals surface area contributed by atoms with Gasteiger partial charge >= 0.3 is 0 Å². The SMILES string of the molecule is Cn1c(-c2ccc3c(c2)OCO3)cnc1NCc1ccc(Cl)c(Cl)c1. The van der Waals surface area contributed by atoms with Crippen LogP contribution in [0.2, 0.25) is 10.0 Å². The number of anilines is 1. The first kappa shape index (κ1) is 16.1. The van der Waals surface area contributed by atoms with Crippen molar-refractivity contribution in [2.75, 3.05) is 12.1 Å². The number of ether oxygens (including phenoxy) is 2. The van der Waals surface area contributed by atoms with E-state index in [1.807, 2.05) is 48.1 Å². The van der Waals surface area contributed by atoms with Gasteiger partial charge in [0.25, 0.3) is 0 Å². The molecule has 7 heteroatoms. The molecule has 0 bridgehead atoms. The molecule has 0 unspecified atom stereocenters. The number of nitrogens with one attached hydrogen (secondary N) is 1. The van der Waals surface area contributed by atoms with Gasteiger partial charge in [0.15, 0.2) is 11.5 Å². The molecular weight excluding hydrogens is 361 g/mol. The lowest BCUT2D eigenvalue weighted by Gasteiger charge is -2.09. The number of imidazole rings is 1. The zero-order chi connectivity index (χ0) is 17.4. The van der Waals surface area contributed by atoms with Crippen molar-refractivity contribution in [3.63, 3.8) is 0 Å². The van der Waals surface area contributed by atoms with Crippen molar-refractivity contribution in [2.45, 2.75) is 6.54 Å². The minimum Gasteiger partial charge on any atom is -0.454 e. The third-order valence-corrected chi connectivity index (χ3v) is 4.83. The number of hydrogen-bond donors (Lipinski definition) is 1. The summed E-state index contributed by atoms with van der Waals surface area (Å²) < 4.78 is 12.8. The summed E-state index contributed by atoms with van der Waals surface area (Å²) in [6, 6.07) is 11.4. The average Bonchev–Trinajstić information content (AvgIpc) is 3.22. The highest BCUT2D eigenvalue weighted by Gasteiger charge is 2.16. The van der Waals surface area contributed by atoms with E-state index in [1.165, 1.54) is 0 Å². The van der Waals surface area contributed by atoms with E-state index in [9.17, 15) is 0 Å². The summed E-state index contributed by atoms with van der Waals surface area (Å²) in [5.41, 5.74) is 3.03. The standard InChI is InChI=1S/C18H15Cl2N3O2/c1-23-15(12-3-5-16-17(7-12)25-10-24-16)9-22-18(23)21-8-11-2-4-13(19)14(20)6-11/h2-7,9H,8,10H2,1H3,(H,21,22). The predicted molar refractivity (Wildman–Crippen MR) is 98.6 cm³/mol. The minimum absolute atomic E-state index is 0.265. The van der Waals surface area contributed by atoms with Crippen LogP contribution in [0, 0.1) is 0 Å². The lowest BCUT2D eigenvalue weighted by atomic mass is 10.1. The summed E-state index contributed by atoms with van der Waals surface area (Å²) in [6.45, 7) is 0.864. The topological polar surface area (TPSA) is 48.3 Å². The highest BCUT2D eigenvalue weighted by atomic mass is 35.5. The predicted octanol–water partition coefficient (Wildman–Crippen LogP) is 4.73. The molecule has 0 saturated carbocycles. The highest BCUT2D eigenvalue weighted by molar-refractivity contribution is 6.42. The summed E-state index contributed by atoms with van der Waals surface area (Å²) in [5.74, 6) is 2.28. The molecule has 1 aliphatic heterocycles. The number of nitrogens with zero attached hydrogens (tertiary/aromatic N) is 2. The summed E-state index contributed by atoms with van der Waals surface area (Å²) in [4.78, 5) is 4.46. The van der Waals surface area contributed by atoms with Crippen LogP contribution in [-0.2, 0) is 13.6 Å². The fourth-order valence-electron chi connectivity index (χ4n) is 2.73. The molecule has 4 rings (SSSR count). The molecule has 1 N–H and O–H groups in total. The molecule has 0 saturated heterocycles. The second kappa shape index (κ2) is 6.50. The Bertz CT molecular complexity index is 940. The lowest BCUT2D eigenvalue weighted by molar-refractivity contribution is 0.174. The summed E-state index contributed by atoms with van der Waals surface area (Å²) in [5, 5.41) is 4.40. The van der Waals surface area contributed by atoms with Gasteiger partial charge in [-0.05, 0) is 35.9 Å².